The molecular weight excluding hydrogens is 252 g/mol. The number of amides is 1. The molecule has 2 rings (SSSR count). The van der Waals surface area contributed by atoms with Gasteiger partial charge in [-0.05, 0) is 18.8 Å². The van der Waals surface area contributed by atoms with Gasteiger partial charge in [-0.25, -0.2) is 9.97 Å². The number of aromatic nitrogens is 2. The van der Waals surface area contributed by atoms with Crippen molar-refractivity contribution in [2.45, 2.75) is 46.0 Å². The van der Waals surface area contributed by atoms with Crippen LogP contribution in [0.1, 0.15) is 46.0 Å². The Balaban J connectivity index is 1.93. The van der Waals surface area contributed by atoms with E-state index in [2.05, 4.69) is 20.2 Å². The normalized spacial score (nSPS) is 16.1. The summed E-state index contributed by atoms with van der Waals surface area (Å²) in [5.74, 6) is 1.15. The van der Waals surface area contributed by atoms with Crippen molar-refractivity contribution in [3.8, 4) is 0 Å². The average molecular weight is 276 g/mol. The Hall–Kier alpha value is -1.65. The molecule has 1 aliphatic heterocycles. The van der Waals surface area contributed by atoms with Crippen LogP contribution in [0.15, 0.2) is 12.4 Å². The molecule has 1 amide bonds. The summed E-state index contributed by atoms with van der Waals surface area (Å²) < 4.78 is 0. The molecule has 110 valence electrons. The van der Waals surface area contributed by atoms with Gasteiger partial charge in [0.2, 0.25) is 11.9 Å². The first kappa shape index (κ1) is 14.8. The Kier molecular flexibility index (Phi) is 5.32. The molecule has 1 aromatic rings. The molecule has 1 fully saturated rings. The van der Waals surface area contributed by atoms with Gasteiger partial charge in [-0.15, -0.1) is 0 Å². The summed E-state index contributed by atoms with van der Waals surface area (Å²) in [6.07, 6.45) is 8.91. The van der Waals surface area contributed by atoms with Crippen molar-refractivity contribution in [1.29, 1.82) is 0 Å². The zero-order chi connectivity index (χ0) is 14.4. The van der Waals surface area contributed by atoms with Gasteiger partial charge in [0.1, 0.15) is 0 Å². The van der Waals surface area contributed by atoms with Crippen LogP contribution in [0.3, 0.4) is 0 Å². The van der Waals surface area contributed by atoms with E-state index in [1.165, 1.54) is 25.7 Å². The van der Waals surface area contributed by atoms with Crippen molar-refractivity contribution in [2.75, 3.05) is 23.3 Å². The number of carbonyl (C=O) groups is 1. The minimum atomic E-state index is 0.0196. The maximum Gasteiger partial charge on any atom is 0.225 e. The van der Waals surface area contributed by atoms with Gasteiger partial charge in [-0.2, -0.15) is 0 Å². The highest BCUT2D eigenvalue weighted by Gasteiger charge is 2.12. The summed E-state index contributed by atoms with van der Waals surface area (Å²) in [5, 5.41) is 2.83. The molecular formula is C15H24N4O. The predicted molar refractivity (Wildman–Crippen MR) is 80.8 cm³/mol. The fourth-order valence-corrected chi connectivity index (χ4v) is 2.40. The highest BCUT2D eigenvalue weighted by atomic mass is 16.1. The van der Waals surface area contributed by atoms with E-state index in [1.54, 1.807) is 12.4 Å². The van der Waals surface area contributed by atoms with Gasteiger partial charge in [0.05, 0.1) is 18.1 Å². The lowest BCUT2D eigenvalue weighted by molar-refractivity contribution is -0.116. The van der Waals surface area contributed by atoms with Crippen molar-refractivity contribution in [2.24, 2.45) is 5.92 Å². The molecule has 0 bridgehead atoms. The molecule has 1 aromatic heterocycles. The van der Waals surface area contributed by atoms with Crippen LogP contribution in [0.4, 0.5) is 11.6 Å². The zero-order valence-corrected chi connectivity index (χ0v) is 12.4. The second-order valence-electron chi connectivity index (χ2n) is 5.82. The van der Waals surface area contributed by atoms with Crippen LogP contribution < -0.4 is 10.2 Å². The summed E-state index contributed by atoms with van der Waals surface area (Å²) in [4.78, 5) is 22.7. The van der Waals surface area contributed by atoms with Crippen molar-refractivity contribution in [3.63, 3.8) is 0 Å². The van der Waals surface area contributed by atoms with E-state index in [1.807, 2.05) is 13.8 Å². The first-order valence-electron chi connectivity index (χ1n) is 7.52. The second kappa shape index (κ2) is 7.22. The molecule has 0 aliphatic carbocycles. The first-order chi connectivity index (χ1) is 9.65. The fraction of sp³-hybridized carbons (Fsp3) is 0.667. The molecule has 1 N–H and O–H groups in total. The van der Waals surface area contributed by atoms with Crippen molar-refractivity contribution in [1.82, 2.24) is 9.97 Å². The number of nitrogens with one attached hydrogen (secondary N) is 1. The van der Waals surface area contributed by atoms with E-state index in [0.29, 0.717) is 18.0 Å². The molecule has 20 heavy (non-hydrogen) atoms. The van der Waals surface area contributed by atoms with E-state index < -0.39 is 0 Å². The highest BCUT2D eigenvalue weighted by molar-refractivity contribution is 5.90. The average Bonchev–Trinajstić information content (AvgIpc) is 2.67. The Morgan fingerprint density at radius 2 is 1.80 bits per heavy atom. The van der Waals surface area contributed by atoms with E-state index >= 15 is 0 Å². The molecule has 1 aliphatic rings. The summed E-state index contributed by atoms with van der Waals surface area (Å²) in [6, 6.07) is 0. The van der Waals surface area contributed by atoms with Gasteiger partial charge in [0.15, 0.2) is 0 Å². The van der Waals surface area contributed by atoms with Crippen LogP contribution in [-0.2, 0) is 4.79 Å². The second-order valence-corrected chi connectivity index (χ2v) is 5.82. The van der Waals surface area contributed by atoms with Crippen LogP contribution in [0, 0.1) is 5.92 Å². The number of hydrogen-bond donors (Lipinski definition) is 1. The molecule has 0 unspecified atom stereocenters. The molecule has 0 radical (unpaired) electrons. The summed E-state index contributed by atoms with van der Waals surface area (Å²) in [5.41, 5.74) is 0.675. The van der Waals surface area contributed by atoms with E-state index in [4.69, 9.17) is 0 Å². The molecule has 0 atom stereocenters. The van der Waals surface area contributed by atoms with Gasteiger partial charge in [-0.1, -0.05) is 26.7 Å². The van der Waals surface area contributed by atoms with Gasteiger partial charge >= 0.3 is 0 Å². The van der Waals surface area contributed by atoms with Crippen molar-refractivity contribution in [3.05, 3.63) is 12.4 Å². The van der Waals surface area contributed by atoms with E-state index in [9.17, 15) is 4.79 Å². The lowest BCUT2D eigenvalue weighted by Crippen LogP contribution is -2.26. The van der Waals surface area contributed by atoms with Crippen LogP contribution in [0.25, 0.3) is 0 Å². The highest BCUT2D eigenvalue weighted by Crippen LogP contribution is 2.16. The third-order valence-corrected chi connectivity index (χ3v) is 3.40. The fourth-order valence-electron chi connectivity index (χ4n) is 2.40. The number of hydrogen-bond acceptors (Lipinski definition) is 4. The monoisotopic (exact) mass is 276 g/mol. The SMILES string of the molecule is CC(C)CC(=O)Nc1cnc(N2CCCCCC2)nc1. The largest absolute Gasteiger partial charge is 0.341 e. The first-order valence-corrected chi connectivity index (χ1v) is 7.52. The minimum absolute atomic E-state index is 0.0196. The third kappa shape index (κ3) is 4.47. The molecule has 0 spiro atoms. The van der Waals surface area contributed by atoms with Gasteiger partial charge < -0.3 is 10.2 Å². The lowest BCUT2D eigenvalue weighted by Gasteiger charge is -2.19. The topological polar surface area (TPSA) is 58.1 Å². The van der Waals surface area contributed by atoms with Crippen molar-refractivity contribution >= 4 is 17.5 Å². The van der Waals surface area contributed by atoms with Crippen LogP contribution >= 0.6 is 0 Å². The molecule has 5 nitrogen and oxygen atoms in total. The van der Waals surface area contributed by atoms with Gasteiger partial charge in [0, 0.05) is 19.5 Å². The number of rotatable bonds is 4. The summed E-state index contributed by atoms with van der Waals surface area (Å²) in [6.45, 7) is 6.11. The number of anilines is 2. The van der Waals surface area contributed by atoms with E-state index in [0.717, 1.165) is 19.0 Å². The lowest BCUT2D eigenvalue weighted by atomic mass is 10.1. The van der Waals surface area contributed by atoms with Crippen LogP contribution in [0.5, 0.6) is 0 Å². The molecule has 0 saturated carbocycles. The number of nitrogens with zero attached hydrogens (tertiary/aromatic N) is 3. The predicted octanol–water partition coefficient (Wildman–Crippen LogP) is 2.84. The van der Waals surface area contributed by atoms with Crippen molar-refractivity contribution < 1.29 is 4.79 Å². The van der Waals surface area contributed by atoms with Crippen LogP contribution in [0.2, 0.25) is 0 Å². The minimum Gasteiger partial charge on any atom is -0.341 e. The van der Waals surface area contributed by atoms with Gasteiger partial charge in [0.25, 0.3) is 0 Å². The third-order valence-electron chi connectivity index (χ3n) is 3.40. The zero-order valence-electron chi connectivity index (χ0n) is 12.4. The smallest absolute Gasteiger partial charge is 0.225 e. The number of carbonyl (C=O) groups excluding carboxylic acids is 1. The van der Waals surface area contributed by atoms with Gasteiger partial charge in [-0.3, -0.25) is 4.79 Å². The maximum atomic E-state index is 11.7. The molecule has 5 heteroatoms. The standard InChI is InChI=1S/C15H24N4O/c1-12(2)9-14(20)18-13-10-16-15(17-11-13)19-7-5-3-4-6-8-19/h10-12H,3-9H2,1-2H3,(H,18,20). The Morgan fingerprint density at radius 3 is 2.35 bits per heavy atom. The molecule has 0 aromatic carbocycles. The Morgan fingerprint density at radius 1 is 1.20 bits per heavy atom. The molecule has 2 heterocycles. The van der Waals surface area contributed by atoms with Crippen LogP contribution in [-0.4, -0.2) is 29.0 Å². The Bertz CT molecular complexity index is 422. The summed E-state index contributed by atoms with van der Waals surface area (Å²) >= 11 is 0. The molecule has 1 saturated heterocycles. The quantitative estimate of drug-likeness (QED) is 0.918. The van der Waals surface area contributed by atoms with E-state index in [-0.39, 0.29) is 5.91 Å². The maximum absolute atomic E-state index is 11.7. The summed E-state index contributed by atoms with van der Waals surface area (Å²) in [7, 11) is 0. The Labute approximate surface area is 120 Å².